The highest BCUT2D eigenvalue weighted by atomic mass is 16.4. The number of hydrogen-bond acceptors (Lipinski definition) is 2. The van der Waals surface area contributed by atoms with E-state index in [1.54, 1.807) is 11.7 Å². The van der Waals surface area contributed by atoms with Crippen molar-refractivity contribution in [2.75, 3.05) is 0 Å². The standard InChI is InChI=1S/C14H16N2O2/c1-3-10-4-6-11(7-5-10)13-8-12(9-14(17)18)16(2)15-13/h4-8H,3,9H2,1-2H3,(H,17,18). The summed E-state index contributed by atoms with van der Waals surface area (Å²) in [7, 11) is 1.77. The van der Waals surface area contributed by atoms with Crippen molar-refractivity contribution in [3.8, 4) is 11.3 Å². The first-order chi connectivity index (χ1) is 8.60. The molecule has 0 saturated carbocycles. The Morgan fingerprint density at radius 1 is 1.33 bits per heavy atom. The number of carbonyl (C=O) groups is 1. The largest absolute Gasteiger partial charge is 0.481 e. The number of aliphatic carboxylic acids is 1. The molecular weight excluding hydrogens is 228 g/mol. The predicted octanol–water partition coefficient (Wildman–Crippen LogP) is 2.28. The predicted molar refractivity (Wildman–Crippen MR) is 69.4 cm³/mol. The lowest BCUT2D eigenvalue weighted by atomic mass is 10.1. The van der Waals surface area contributed by atoms with Gasteiger partial charge < -0.3 is 5.11 Å². The molecule has 0 aliphatic heterocycles. The van der Waals surface area contributed by atoms with Crippen LogP contribution in [0.1, 0.15) is 18.2 Å². The van der Waals surface area contributed by atoms with Gasteiger partial charge in [-0.2, -0.15) is 5.10 Å². The van der Waals surface area contributed by atoms with Crippen LogP contribution in [0.15, 0.2) is 30.3 Å². The molecule has 0 unspecified atom stereocenters. The van der Waals surface area contributed by atoms with Crippen LogP contribution in [0.25, 0.3) is 11.3 Å². The van der Waals surface area contributed by atoms with Gasteiger partial charge in [0, 0.05) is 18.3 Å². The third kappa shape index (κ3) is 2.59. The minimum atomic E-state index is -0.842. The summed E-state index contributed by atoms with van der Waals surface area (Å²) in [5.41, 5.74) is 3.81. The first kappa shape index (κ1) is 12.4. The molecule has 2 aromatic rings. The second kappa shape index (κ2) is 5.04. The van der Waals surface area contributed by atoms with Crippen LogP contribution >= 0.6 is 0 Å². The fraction of sp³-hybridized carbons (Fsp3) is 0.286. The molecule has 4 heteroatoms. The summed E-state index contributed by atoms with van der Waals surface area (Å²) in [6.07, 6.45) is 1.00. The van der Waals surface area contributed by atoms with E-state index in [1.807, 2.05) is 18.2 Å². The lowest BCUT2D eigenvalue weighted by molar-refractivity contribution is -0.136. The zero-order valence-corrected chi connectivity index (χ0v) is 10.6. The number of carboxylic acids is 1. The second-order valence-corrected chi connectivity index (χ2v) is 4.27. The summed E-state index contributed by atoms with van der Waals surface area (Å²) in [6, 6.07) is 10.0. The zero-order valence-electron chi connectivity index (χ0n) is 10.6. The van der Waals surface area contributed by atoms with E-state index in [0.29, 0.717) is 5.69 Å². The quantitative estimate of drug-likeness (QED) is 0.897. The molecule has 0 bridgehead atoms. The molecule has 0 saturated heterocycles. The fourth-order valence-electron chi connectivity index (χ4n) is 1.88. The Morgan fingerprint density at radius 3 is 2.56 bits per heavy atom. The minimum absolute atomic E-state index is 0.00343. The van der Waals surface area contributed by atoms with Crippen molar-refractivity contribution >= 4 is 5.97 Å². The number of aryl methyl sites for hydroxylation is 2. The van der Waals surface area contributed by atoms with Crippen LogP contribution in [0, 0.1) is 0 Å². The molecule has 1 aromatic carbocycles. The average Bonchev–Trinajstić information content (AvgIpc) is 2.70. The number of hydrogen-bond donors (Lipinski definition) is 1. The molecule has 0 amide bonds. The molecule has 4 nitrogen and oxygen atoms in total. The van der Waals surface area contributed by atoms with Crippen molar-refractivity contribution in [2.24, 2.45) is 7.05 Å². The highest BCUT2D eigenvalue weighted by Crippen LogP contribution is 2.19. The molecule has 1 N–H and O–H groups in total. The third-order valence-corrected chi connectivity index (χ3v) is 2.97. The fourth-order valence-corrected chi connectivity index (χ4v) is 1.88. The normalized spacial score (nSPS) is 10.6. The molecule has 0 fully saturated rings. The van der Waals surface area contributed by atoms with Crippen LogP contribution in [-0.2, 0) is 24.7 Å². The molecule has 0 atom stereocenters. The van der Waals surface area contributed by atoms with Crippen molar-refractivity contribution in [1.29, 1.82) is 0 Å². The minimum Gasteiger partial charge on any atom is -0.481 e. The second-order valence-electron chi connectivity index (χ2n) is 4.27. The zero-order chi connectivity index (χ0) is 13.1. The van der Waals surface area contributed by atoms with E-state index in [9.17, 15) is 4.79 Å². The average molecular weight is 244 g/mol. The van der Waals surface area contributed by atoms with Gasteiger partial charge in [0.05, 0.1) is 12.1 Å². The van der Waals surface area contributed by atoms with E-state index in [1.165, 1.54) is 5.56 Å². The first-order valence-electron chi connectivity index (χ1n) is 5.94. The molecule has 1 aromatic heterocycles. The smallest absolute Gasteiger partial charge is 0.309 e. The summed E-state index contributed by atoms with van der Waals surface area (Å²) in [5, 5.41) is 13.1. The number of nitrogens with zero attached hydrogens (tertiary/aromatic N) is 2. The van der Waals surface area contributed by atoms with E-state index < -0.39 is 5.97 Å². The molecule has 18 heavy (non-hydrogen) atoms. The highest BCUT2D eigenvalue weighted by Gasteiger charge is 2.10. The van der Waals surface area contributed by atoms with Gasteiger partial charge in [0.2, 0.25) is 0 Å². The third-order valence-electron chi connectivity index (χ3n) is 2.97. The van der Waals surface area contributed by atoms with Gasteiger partial charge in [-0.25, -0.2) is 0 Å². The lowest BCUT2D eigenvalue weighted by Gasteiger charge is -1.98. The van der Waals surface area contributed by atoms with Crippen molar-refractivity contribution in [3.05, 3.63) is 41.6 Å². The Morgan fingerprint density at radius 2 is 2.00 bits per heavy atom. The number of benzene rings is 1. The SMILES string of the molecule is CCc1ccc(-c2cc(CC(=O)O)n(C)n2)cc1. The van der Waals surface area contributed by atoms with Crippen LogP contribution in [-0.4, -0.2) is 20.9 Å². The van der Waals surface area contributed by atoms with Gasteiger partial charge in [0.15, 0.2) is 0 Å². The van der Waals surface area contributed by atoms with Crippen molar-refractivity contribution < 1.29 is 9.90 Å². The first-order valence-corrected chi connectivity index (χ1v) is 5.94. The van der Waals surface area contributed by atoms with Crippen molar-refractivity contribution in [3.63, 3.8) is 0 Å². The number of aromatic nitrogens is 2. The molecule has 0 aliphatic rings. The molecular formula is C14H16N2O2. The van der Waals surface area contributed by atoms with Gasteiger partial charge in [0.1, 0.15) is 0 Å². The Kier molecular flexibility index (Phi) is 3.46. The maximum atomic E-state index is 10.7. The van der Waals surface area contributed by atoms with Crippen LogP contribution in [0.3, 0.4) is 0 Å². The van der Waals surface area contributed by atoms with Gasteiger partial charge in [-0.3, -0.25) is 9.48 Å². The van der Waals surface area contributed by atoms with E-state index in [-0.39, 0.29) is 6.42 Å². The Balaban J connectivity index is 2.30. The monoisotopic (exact) mass is 244 g/mol. The highest BCUT2D eigenvalue weighted by molar-refractivity contribution is 5.70. The van der Waals surface area contributed by atoms with Crippen LogP contribution in [0.2, 0.25) is 0 Å². The van der Waals surface area contributed by atoms with Crippen LogP contribution in [0.5, 0.6) is 0 Å². The van der Waals surface area contributed by atoms with Crippen LogP contribution < -0.4 is 0 Å². The van der Waals surface area contributed by atoms with Gasteiger partial charge in [-0.1, -0.05) is 31.2 Å². The maximum Gasteiger partial charge on any atom is 0.309 e. The summed E-state index contributed by atoms with van der Waals surface area (Å²) >= 11 is 0. The van der Waals surface area contributed by atoms with E-state index in [4.69, 9.17) is 5.11 Å². The van der Waals surface area contributed by atoms with Crippen molar-refractivity contribution in [1.82, 2.24) is 9.78 Å². The summed E-state index contributed by atoms with van der Waals surface area (Å²) in [5.74, 6) is -0.842. The maximum absolute atomic E-state index is 10.7. The number of carboxylic acid groups (broad SMARTS) is 1. The van der Waals surface area contributed by atoms with Gasteiger partial charge in [-0.05, 0) is 18.1 Å². The lowest BCUT2D eigenvalue weighted by Crippen LogP contribution is -2.05. The van der Waals surface area contributed by atoms with Gasteiger partial charge in [0.25, 0.3) is 0 Å². The molecule has 0 spiro atoms. The Hall–Kier alpha value is -2.10. The molecule has 1 heterocycles. The molecule has 2 rings (SSSR count). The van der Waals surface area contributed by atoms with E-state index >= 15 is 0 Å². The van der Waals surface area contributed by atoms with Gasteiger partial charge >= 0.3 is 5.97 Å². The molecule has 0 aliphatic carbocycles. The van der Waals surface area contributed by atoms with Gasteiger partial charge in [-0.15, -0.1) is 0 Å². The Labute approximate surface area is 106 Å². The summed E-state index contributed by atoms with van der Waals surface area (Å²) < 4.78 is 1.62. The summed E-state index contributed by atoms with van der Waals surface area (Å²) in [4.78, 5) is 10.7. The van der Waals surface area contributed by atoms with Crippen LogP contribution in [0.4, 0.5) is 0 Å². The Bertz CT molecular complexity index is 556. The summed E-state index contributed by atoms with van der Waals surface area (Å²) in [6.45, 7) is 2.11. The topological polar surface area (TPSA) is 55.1 Å². The van der Waals surface area contributed by atoms with E-state index in [0.717, 1.165) is 17.7 Å². The molecule has 0 radical (unpaired) electrons. The molecule has 94 valence electrons. The van der Waals surface area contributed by atoms with E-state index in [2.05, 4.69) is 24.2 Å². The van der Waals surface area contributed by atoms with Crippen molar-refractivity contribution in [2.45, 2.75) is 19.8 Å². The number of rotatable bonds is 4.